The molecule has 0 radical (unpaired) electrons. The highest BCUT2D eigenvalue weighted by atomic mass is 19.3. The van der Waals surface area contributed by atoms with Gasteiger partial charge in [-0.05, 0) is 12.1 Å². The Hall–Kier alpha value is -3.90. The summed E-state index contributed by atoms with van der Waals surface area (Å²) in [6.07, 6.45) is 4.10. The predicted octanol–water partition coefficient (Wildman–Crippen LogP) is 4.11. The van der Waals surface area contributed by atoms with Gasteiger partial charge in [0, 0.05) is 37.9 Å². The summed E-state index contributed by atoms with van der Waals surface area (Å²) in [5.41, 5.74) is 0.348. The van der Waals surface area contributed by atoms with Crippen LogP contribution in [0.2, 0.25) is 0 Å². The Balaban J connectivity index is 1.30. The summed E-state index contributed by atoms with van der Waals surface area (Å²) >= 11 is 0. The summed E-state index contributed by atoms with van der Waals surface area (Å²) in [5, 5.41) is 8.72. The molecule has 1 saturated heterocycles. The van der Waals surface area contributed by atoms with Gasteiger partial charge in [0.05, 0.1) is 6.20 Å². The number of halogens is 3. The van der Waals surface area contributed by atoms with E-state index in [2.05, 4.69) is 29.9 Å². The normalized spacial score (nSPS) is 14.9. The monoisotopic (exact) mass is 489 g/mol. The SMILES string of the molecule is CC(C)c1noc(N2CCC(Oc3ncnc4c3cnn4-c3ccc(OC(F)F)cc3F)CC2)n1. The number of alkyl halides is 2. The van der Waals surface area contributed by atoms with E-state index in [0.29, 0.717) is 54.7 Å². The lowest BCUT2D eigenvalue weighted by atomic mass is 10.1. The molecule has 4 aromatic rings. The first-order valence-electron chi connectivity index (χ1n) is 11.1. The second-order valence-electron chi connectivity index (χ2n) is 8.36. The van der Waals surface area contributed by atoms with Crippen molar-refractivity contribution in [3.63, 3.8) is 0 Å². The minimum atomic E-state index is -3.05. The number of hydrogen-bond acceptors (Lipinski definition) is 9. The Morgan fingerprint density at radius 2 is 1.94 bits per heavy atom. The lowest BCUT2D eigenvalue weighted by molar-refractivity contribution is -0.0500. The molecule has 13 heteroatoms. The summed E-state index contributed by atoms with van der Waals surface area (Å²) in [6, 6.07) is 3.90. The Labute approximate surface area is 197 Å². The molecular formula is C22H22F3N7O3. The molecule has 3 aromatic heterocycles. The van der Waals surface area contributed by atoms with E-state index in [1.807, 2.05) is 18.7 Å². The van der Waals surface area contributed by atoms with Crippen molar-refractivity contribution in [3.05, 3.63) is 42.4 Å². The van der Waals surface area contributed by atoms with Crippen LogP contribution >= 0.6 is 0 Å². The summed E-state index contributed by atoms with van der Waals surface area (Å²) in [6.45, 7) is 2.32. The molecule has 0 amide bonds. The summed E-state index contributed by atoms with van der Waals surface area (Å²) in [4.78, 5) is 14.9. The molecule has 35 heavy (non-hydrogen) atoms. The predicted molar refractivity (Wildman–Crippen MR) is 118 cm³/mol. The first-order valence-corrected chi connectivity index (χ1v) is 11.1. The molecule has 1 aliphatic rings. The van der Waals surface area contributed by atoms with Crippen molar-refractivity contribution < 1.29 is 27.2 Å². The van der Waals surface area contributed by atoms with E-state index in [1.165, 1.54) is 29.3 Å². The van der Waals surface area contributed by atoms with Gasteiger partial charge in [-0.25, -0.2) is 19.0 Å². The van der Waals surface area contributed by atoms with Crippen LogP contribution in [-0.2, 0) is 0 Å². The van der Waals surface area contributed by atoms with Gasteiger partial charge in [-0.3, -0.25) is 0 Å². The fourth-order valence-electron chi connectivity index (χ4n) is 3.84. The van der Waals surface area contributed by atoms with Crippen LogP contribution in [0.3, 0.4) is 0 Å². The van der Waals surface area contributed by atoms with Gasteiger partial charge in [-0.1, -0.05) is 19.0 Å². The molecule has 0 bridgehead atoms. The number of ether oxygens (including phenoxy) is 2. The molecule has 10 nitrogen and oxygen atoms in total. The first-order chi connectivity index (χ1) is 16.9. The lowest BCUT2D eigenvalue weighted by Crippen LogP contribution is -2.38. The van der Waals surface area contributed by atoms with Gasteiger partial charge in [0.25, 0.3) is 0 Å². The number of fused-ring (bicyclic) bond motifs is 1. The highest BCUT2D eigenvalue weighted by Gasteiger charge is 2.26. The maximum absolute atomic E-state index is 14.6. The van der Waals surface area contributed by atoms with E-state index in [9.17, 15) is 13.2 Å². The van der Waals surface area contributed by atoms with Crippen LogP contribution in [0.25, 0.3) is 16.7 Å². The number of aromatic nitrogens is 6. The van der Waals surface area contributed by atoms with E-state index in [0.717, 1.165) is 6.07 Å². The standard InChI is InChI=1S/C22H22F3N7O3/c1-12(2)18-29-22(35-30-18)31-7-5-13(6-8-31)33-20-15-10-28-32(19(15)26-11-27-20)17-4-3-14(9-16(17)23)34-21(24)25/h3-4,9-13,21H,5-8H2,1-2H3. The first kappa shape index (κ1) is 22.9. The van der Waals surface area contributed by atoms with Crippen molar-refractivity contribution in [3.8, 4) is 17.3 Å². The molecule has 0 unspecified atom stereocenters. The van der Waals surface area contributed by atoms with Gasteiger partial charge in [0.1, 0.15) is 29.3 Å². The van der Waals surface area contributed by atoms with Gasteiger partial charge < -0.3 is 18.9 Å². The average molecular weight is 489 g/mol. The van der Waals surface area contributed by atoms with Gasteiger partial charge in [-0.2, -0.15) is 18.9 Å². The van der Waals surface area contributed by atoms with Crippen LogP contribution in [0.1, 0.15) is 38.4 Å². The Kier molecular flexibility index (Phi) is 6.14. The topological polar surface area (TPSA) is 104 Å². The zero-order valence-corrected chi connectivity index (χ0v) is 18.9. The Morgan fingerprint density at radius 1 is 1.14 bits per heavy atom. The second-order valence-corrected chi connectivity index (χ2v) is 8.36. The van der Waals surface area contributed by atoms with E-state index in [1.54, 1.807) is 0 Å². The minimum Gasteiger partial charge on any atom is -0.474 e. The molecule has 4 heterocycles. The van der Waals surface area contributed by atoms with Crippen molar-refractivity contribution in [2.75, 3.05) is 18.0 Å². The van der Waals surface area contributed by atoms with Crippen LogP contribution in [0.15, 0.2) is 35.2 Å². The molecule has 184 valence electrons. The third-order valence-electron chi connectivity index (χ3n) is 5.64. The molecule has 0 spiro atoms. The van der Waals surface area contributed by atoms with Crippen molar-refractivity contribution >= 4 is 17.0 Å². The quantitative estimate of drug-likeness (QED) is 0.379. The van der Waals surface area contributed by atoms with Crippen LogP contribution in [0, 0.1) is 5.82 Å². The number of piperidine rings is 1. The smallest absolute Gasteiger partial charge is 0.387 e. The van der Waals surface area contributed by atoms with Gasteiger partial charge in [-0.15, -0.1) is 0 Å². The summed E-state index contributed by atoms with van der Waals surface area (Å²) in [7, 11) is 0. The van der Waals surface area contributed by atoms with Gasteiger partial charge in [0.15, 0.2) is 17.3 Å². The number of nitrogens with zero attached hydrogens (tertiary/aromatic N) is 7. The fraction of sp³-hybridized carbons (Fsp3) is 0.409. The molecule has 0 aliphatic carbocycles. The Morgan fingerprint density at radius 3 is 2.63 bits per heavy atom. The van der Waals surface area contributed by atoms with Crippen molar-refractivity contribution in [2.24, 2.45) is 0 Å². The van der Waals surface area contributed by atoms with Gasteiger partial charge in [0.2, 0.25) is 5.88 Å². The number of rotatable bonds is 7. The third kappa shape index (κ3) is 4.70. The van der Waals surface area contributed by atoms with Crippen molar-refractivity contribution in [1.29, 1.82) is 0 Å². The highest BCUT2D eigenvalue weighted by molar-refractivity contribution is 5.81. The summed E-state index contributed by atoms with van der Waals surface area (Å²) < 4.78 is 56.4. The van der Waals surface area contributed by atoms with Crippen LogP contribution in [-0.4, -0.2) is 55.7 Å². The van der Waals surface area contributed by atoms with E-state index < -0.39 is 12.4 Å². The average Bonchev–Trinajstić information content (AvgIpc) is 3.48. The minimum absolute atomic E-state index is 0.0277. The molecule has 1 fully saturated rings. The number of anilines is 1. The van der Waals surface area contributed by atoms with E-state index in [-0.39, 0.29) is 23.5 Å². The highest BCUT2D eigenvalue weighted by Crippen LogP contribution is 2.29. The number of hydrogen-bond donors (Lipinski definition) is 0. The third-order valence-corrected chi connectivity index (χ3v) is 5.64. The molecule has 1 aromatic carbocycles. The maximum Gasteiger partial charge on any atom is 0.387 e. The molecule has 5 rings (SSSR count). The van der Waals surface area contributed by atoms with Crippen LogP contribution in [0.4, 0.5) is 19.2 Å². The van der Waals surface area contributed by atoms with Gasteiger partial charge >= 0.3 is 12.6 Å². The van der Waals surface area contributed by atoms with Crippen molar-refractivity contribution in [2.45, 2.75) is 45.3 Å². The lowest BCUT2D eigenvalue weighted by Gasteiger charge is -2.30. The molecule has 0 atom stereocenters. The largest absolute Gasteiger partial charge is 0.474 e. The van der Waals surface area contributed by atoms with Crippen molar-refractivity contribution in [1.82, 2.24) is 29.9 Å². The van der Waals surface area contributed by atoms with E-state index >= 15 is 0 Å². The molecule has 0 N–H and O–H groups in total. The van der Waals surface area contributed by atoms with E-state index in [4.69, 9.17) is 9.26 Å². The fourth-order valence-corrected chi connectivity index (χ4v) is 3.84. The molecule has 0 saturated carbocycles. The molecular weight excluding hydrogens is 467 g/mol. The Bertz CT molecular complexity index is 1320. The number of benzene rings is 1. The molecule has 1 aliphatic heterocycles. The van der Waals surface area contributed by atoms with Crippen LogP contribution in [0.5, 0.6) is 11.6 Å². The summed E-state index contributed by atoms with van der Waals surface area (Å²) in [5.74, 6) is 0.114. The second kappa shape index (κ2) is 9.39. The zero-order chi connectivity index (χ0) is 24.5. The maximum atomic E-state index is 14.6. The van der Waals surface area contributed by atoms with Crippen LogP contribution < -0.4 is 14.4 Å². The zero-order valence-electron chi connectivity index (χ0n) is 18.9.